The van der Waals surface area contributed by atoms with Crippen LogP contribution in [0.3, 0.4) is 0 Å². The summed E-state index contributed by atoms with van der Waals surface area (Å²) in [6.45, 7) is 1.06. The molecule has 1 saturated carbocycles. The molecule has 2 aromatic rings. The molecule has 12 heteroatoms. The van der Waals surface area contributed by atoms with Gasteiger partial charge in [-0.2, -0.15) is 0 Å². The highest BCUT2D eigenvalue weighted by atomic mass is 16.5. The van der Waals surface area contributed by atoms with Crippen LogP contribution in [0.25, 0.3) is 12.2 Å². The van der Waals surface area contributed by atoms with Crippen LogP contribution in [0.5, 0.6) is 11.5 Å². The molecule has 3 rings (SSSR count). The van der Waals surface area contributed by atoms with Crippen LogP contribution in [-0.2, 0) is 19.2 Å². The molecule has 50 heavy (non-hydrogen) atoms. The fraction of sp³-hybridized carbons (Fsp3) is 0.474. The van der Waals surface area contributed by atoms with Gasteiger partial charge in [-0.3, -0.25) is 9.59 Å². The van der Waals surface area contributed by atoms with Crippen LogP contribution in [0.15, 0.2) is 48.0 Å². The molecule has 3 unspecified atom stereocenters. The van der Waals surface area contributed by atoms with E-state index < -0.39 is 29.9 Å². The summed E-state index contributed by atoms with van der Waals surface area (Å²) in [6.07, 6.45) is 10.3. The lowest BCUT2D eigenvalue weighted by Crippen LogP contribution is -2.34. The van der Waals surface area contributed by atoms with Crippen LogP contribution < -0.4 is 42.2 Å². The summed E-state index contributed by atoms with van der Waals surface area (Å²) in [4.78, 5) is 56.0. The van der Waals surface area contributed by atoms with Crippen molar-refractivity contribution in [2.24, 2.45) is 28.9 Å². The Kier molecular flexibility index (Phi) is 15.8. The third-order valence-electron chi connectivity index (χ3n) is 8.59. The molecule has 0 amide bonds. The van der Waals surface area contributed by atoms with E-state index in [1.54, 1.807) is 36.4 Å². The largest absolute Gasteiger partial charge is 0.423 e. The number of carbonyl (C=O) groups is 4. The molecule has 0 radical (unpaired) electrons. The number of rotatable bonds is 18. The van der Waals surface area contributed by atoms with E-state index in [1.807, 2.05) is 50.1 Å². The average molecular weight is 691 g/mol. The van der Waals surface area contributed by atoms with Crippen molar-refractivity contribution in [1.29, 1.82) is 0 Å². The van der Waals surface area contributed by atoms with Gasteiger partial charge in [0.15, 0.2) is 23.1 Å². The van der Waals surface area contributed by atoms with E-state index in [-0.39, 0.29) is 11.6 Å². The van der Waals surface area contributed by atoms with Gasteiger partial charge in [0.2, 0.25) is 0 Å². The topological polar surface area (TPSA) is 197 Å². The number of nitrogens with zero attached hydrogens (tertiary/aromatic N) is 2. The lowest BCUT2D eigenvalue weighted by molar-refractivity contribution is -0.136. The molecule has 0 bridgehead atoms. The van der Waals surface area contributed by atoms with Crippen LogP contribution in [0.2, 0.25) is 0 Å². The maximum Gasteiger partial charge on any atom is 0.328 e. The number of esters is 2. The van der Waals surface area contributed by atoms with E-state index in [4.69, 9.17) is 32.4 Å². The van der Waals surface area contributed by atoms with Gasteiger partial charge in [-0.15, -0.1) is 0 Å². The van der Waals surface area contributed by atoms with Gasteiger partial charge in [-0.1, -0.05) is 31.1 Å². The number of benzene rings is 2. The van der Waals surface area contributed by atoms with Crippen molar-refractivity contribution >= 4 is 47.0 Å². The second-order valence-electron chi connectivity index (χ2n) is 13.1. The van der Waals surface area contributed by atoms with Crippen LogP contribution in [0, 0.1) is 5.92 Å². The van der Waals surface area contributed by atoms with Gasteiger partial charge in [-0.05, 0) is 111 Å². The molecule has 3 atom stereocenters. The van der Waals surface area contributed by atoms with E-state index >= 15 is 0 Å². The van der Waals surface area contributed by atoms with Crippen LogP contribution in [0.4, 0.5) is 11.4 Å². The fourth-order valence-electron chi connectivity index (χ4n) is 5.66. The minimum absolute atomic E-state index is 0.232. The number of hydrogen-bond donors (Lipinski definition) is 4. The third kappa shape index (κ3) is 11.6. The quantitative estimate of drug-likeness (QED) is 0.0584. The number of Topliss-reactive ketones (excluding diaryl/α,β-unsaturated/α-hetero) is 1. The van der Waals surface area contributed by atoms with E-state index in [1.165, 1.54) is 6.08 Å². The standard InChI is InChI=1S/C38H54N6O6/c1-43(2)31-17-14-25(23-34(31)49-37(47)29(41)12-5-7-20-39)16-19-33(45)28-11-9-10-27(36(28)46)22-26-15-18-32(44(3)4)35(24-26)50-38(48)30(42)13-6-8-21-40/h14-19,22-24,28-30H,5-13,20-21,39-42H2,1-4H3. The van der Waals surface area contributed by atoms with Crippen molar-refractivity contribution in [3.63, 3.8) is 0 Å². The van der Waals surface area contributed by atoms with Gasteiger partial charge in [0.05, 0.1) is 17.3 Å². The predicted molar refractivity (Wildman–Crippen MR) is 199 cm³/mol. The third-order valence-corrected chi connectivity index (χ3v) is 8.59. The smallest absolute Gasteiger partial charge is 0.328 e. The molecule has 1 fully saturated rings. The molecule has 0 aromatic heterocycles. The Hall–Kier alpha value is -4.36. The maximum atomic E-state index is 13.6. The van der Waals surface area contributed by atoms with Crippen molar-refractivity contribution in [1.82, 2.24) is 0 Å². The Bertz CT molecular complexity index is 1550. The molecule has 0 spiro atoms. The van der Waals surface area contributed by atoms with Gasteiger partial charge < -0.3 is 42.2 Å². The Labute approximate surface area is 295 Å². The molecular weight excluding hydrogens is 636 g/mol. The molecule has 0 saturated heterocycles. The lowest BCUT2D eigenvalue weighted by atomic mass is 9.81. The Morgan fingerprint density at radius 1 is 0.800 bits per heavy atom. The summed E-state index contributed by atoms with van der Waals surface area (Å²) in [5.74, 6) is -1.78. The van der Waals surface area contributed by atoms with Crippen molar-refractivity contribution in [3.8, 4) is 11.5 Å². The molecule has 12 nitrogen and oxygen atoms in total. The normalized spacial score (nSPS) is 16.7. The Morgan fingerprint density at radius 2 is 1.30 bits per heavy atom. The summed E-state index contributed by atoms with van der Waals surface area (Å²) < 4.78 is 11.4. The number of ketones is 2. The van der Waals surface area contributed by atoms with E-state index in [0.29, 0.717) is 84.8 Å². The van der Waals surface area contributed by atoms with E-state index in [2.05, 4.69) is 0 Å². The Balaban J connectivity index is 1.76. The summed E-state index contributed by atoms with van der Waals surface area (Å²) in [7, 11) is 7.34. The molecular formula is C38H54N6O6. The first kappa shape index (κ1) is 40.1. The van der Waals surface area contributed by atoms with Crippen molar-refractivity contribution < 1.29 is 28.7 Å². The molecule has 1 aliphatic rings. The van der Waals surface area contributed by atoms with Gasteiger partial charge in [0.25, 0.3) is 0 Å². The van der Waals surface area contributed by atoms with Crippen molar-refractivity contribution in [2.75, 3.05) is 51.1 Å². The predicted octanol–water partition coefficient (Wildman–Crippen LogP) is 3.58. The zero-order chi connectivity index (χ0) is 36.8. The second kappa shape index (κ2) is 19.7. The van der Waals surface area contributed by atoms with Crippen LogP contribution in [-0.4, -0.2) is 76.9 Å². The highest BCUT2D eigenvalue weighted by molar-refractivity contribution is 6.16. The zero-order valence-electron chi connectivity index (χ0n) is 29.9. The van der Waals surface area contributed by atoms with Crippen LogP contribution in [0.1, 0.15) is 68.9 Å². The van der Waals surface area contributed by atoms with Crippen molar-refractivity contribution in [2.45, 2.75) is 69.9 Å². The molecule has 272 valence electrons. The summed E-state index contributed by atoms with van der Waals surface area (Å²) in [6, 6.07) is 9.08. The first-order valence-corrected chi connectivity index (χ1v) is 17.3. The number of ether oxygens (including phenoxy) is 2. The minimum atomic E-state index is -0.819. The van der Waals surface area contributed by atoms with Gasteiger partial charge in [0.1, 0.15) is 12.1 Å². The molecule has 1 aliphatic carbocycles. The van der Waals surface area contributed by atoms with Crippen molar-refractivity contribution in [3.05, 3.63) is 59.2 Å². The van der Waals surface area contributed by atoms with E-state index in [9.17, 15) is 19.2 Å². The number of hydrogen-bond acceptors (Lipinski definition) is 12. The number of allylic oxidation sites excluding steroid dienone is 2. The van der Waals surface area contributed by atoms with Crippen LogP contribution >= 0.6 is 0 Å². The molecule has 2 aromatic carbocycles. The highest BCUT2D eigenvalue weighted by Gasteiger charge is 2.31. The summed E-state index contributed by atoms with van der Waals surface area (Å²) >= 11 is 0. The molecule has 8 N–H and O–H groups in total. The zero-order valence-corrected chi connectivity index (χ0v) is 29.9. The highest BCUT2D eigenvalue weighted by Crippen LogP contribution is 2.33. The average Bonchev–Trinajstić information content (AvgIpc) is 3.08. The number of nitrogens with two attached hydrogens (primary N) is 4. The first-order chi connectivity index (χ1) is 23.9. The SMILES string of the molecule is CN(C)c1ccc(C=CC(=O)C2CCCC(=Cc3ccc(N(C)C)c(OC(=O)C(N)CCCCN)c3)C2=O)cc1OC(=O)C(N)CCCCN. The summed E-state index contributed by atoms with van der Waals surface area (Å²) in [5, 5.41) is 0. The monoisotopic (exact) mass is 690 g/mol. The molecule has 0 aliphatic heterocycles. The Morgan fingerprint density at radius 3 is 1.80 bits per heavy atom. The summed E-state index contributed by atoms with van der Waals surface area (Å²) in [5.41, 5.74) is 26.4. The van der Waals surface area contributed by atoms with Gasteiger partial charge in [0, 0.05) is 28.2 Å². The number of unbranched alkanes of at least 4 members (excludes halogenated alkanes) is 2. The number of carbonyl (C=O) groups excluding carboxylic acids is 4. The van der Waals surface area contributed by atoms with Gasteiger partial charge in [-0.25, -0.2) is 9.59 Å². The van der Waals surface area contributed by atoms with Gasteiger partial charge >= 0.3 is 11.9 Å². The molecule has 0 heterocycles. The minimum Gasteiger partial charge on any atom is -0.423 e. The fourth-order valence-corrected chi connectivity index (χ4v) is 5.66. The maximum absolute atomic E-state index is 13.6. The second-order valence-corrected chi connectivity index (χ2v) is 13.1. The number of anilines is 2. The van der Waals surface area contributed by atoms with E-state index in [0.717, 1.165) is 25.7 Å². The lowest BCUT2D eigenvalue weighted by Gasteiger charge is -2.22. The first-order valence-electron chi connectivity index (χ1n) is 17.3.